The van der Waals surface area contributed by atoms with E-state index in [0.717, 1.165) is 11.4 Å². The SMILES string of the molecule is CCOC(=O)c1cn2c(n1)COC(c1ccccc1)C2. The van der Waals surface area contributed by atoms with Crippen LogP contribution in [-0.4, -0.2) is 22.1 Å². The summed E-state index contributed by atoms with van der Waals surface area (Å²) in [6.07, 6.45) is 1.74. The number of ether oxygens (including phenoxy) is 2. The van der Waals surface area contributed by atoms with Crippen molar-refractivity contribution in [2.75, 3.05) is 6.61 Å². The Morgan fingerprint density at radius 2 is 2.25 bits per heavy atom. The Hall–Kier alpha value is -2.14. The number of aromatic nitrogens is 2. The Bertz CT molecular complexity index is 607. The summed E-state index contributed by atoms with van der Waals surface area (Å²) in [5, 5.41) is 0. The Balaban J connectivity index is 1.80. The number of rotatable bonds is 3. The first-order chi connectivity index (χ1) is 9.78. The second kappa shape index (κ2) is 5.46. The quantitative estimate of drug-likeness (QED) is 0.805. The highest BCUT2D eigenvalue weighted by molar-refractivity contribution is 5.87. The average Bonchev–Trinajstić information content (AvgIpc) is 2.91. The number of esters is 1. The molecule has 20 heavy (non-hydrogen) atoms. The van der Waals surface area contributed by atoms with Crippen molar-refractivity contribution in [2.24, 2.45) is 0 Å². The van der Waals surface area contributed by atoms with Crippen LogP contribution in [0.2, 0.25) is 0 Å². The Morgan fingerprint density at radius 1 is 1.45 bits per heavy atom. The van der Waals surface area contributed by atoms with Gasteiger partial charge < -0.3 is 14.0 Å². The molecular formula is C15H16N2O3. The van der Waals surface area contributed by atoms with Crippen LogP contribution in [0.15, 0.2) is 36.5 Å². The minimum atomic E-state index is -0.384. The maximum Gasteiger partial charge on any atom is 0.358 e. The predicted octanol–water partition coefficient (Wildman–Crippen LogP) is 2.33. The maximum atomic E-state index is 11.7. The Labute approximate surface area is 117 Å². The van der Waals surface area contributed by atoms with Gasteiger partial charge in [-0.2, -0.15) is 0 Å². The summed E-state index contributed by atoms with van der Waals surface area (Å²) in [5.41, 5.74) is 1.48. The second-order valence-corrected chi connectivity index (χ2v) is 4.63. The second-order valence-electron chi connectivity index (χ2n) is 4.63. The van der Waals surface area contributed by atoms with Gasteiger partial charge in [-0.05, 0) is 12.5 Å². The van der Waals surface area contributed by atoms with Crippen LogP contribution in [-0.2, 0) is 22.6 Å². The molecule has 2 aromatic rings. The number of imidazole rings is 1. The number of fused-ring (bicyclic) bond motifs is 1. The highest BCUT2D eigenvalue weighted by atomic mass is 16.5. The molecule has 1 atom stereocenters. The van der Waals surface area contributed by atoms with Crippen LogP contribution in [0.1, 0.15) is 34.9 Å². The zero-order chi connectivity index (χ0) is 13.9. The van der Waals surface area contributed by atoms with Crippen LogP contribution in [0.5, 0.6) is 0 Å². The molecule has 0 aliphatic carbocycles. The van der Waals surface area contributed by atoms with Crippen molar-refractivity contribution in [3.63, 3.8) is 0 Å². The smallest absolute Gasteiger partial charge is 0.358 e. The van der Waals surface area contributed by atoms with E-state index < -0.39 is 0 Å². The van der Waals surface area contributed by atoms with Crippen LogP contribution in [0.4, 0.5) is 0 Å². The van der Waals surface area contributed by atoms with Gasteiger partial charge in [-0.3, -0.25) is 0 Å². The van der Waals surface area contributed by atoms with Crippen molar-refractivity contribution in [2.45, 2.75) is 26.2 Å². The summed E-state index contributed by atoms with van der Waals surface area (Å²) < 4.78 is 12.7. The largest absolute Gasteiger partial charge is 0.461 e. The van der Waals surface area contributed by atoms with E-state index in [1.54, 1.807) is 13.1 Å². The first-order valence-corrected chi connectivity index (χ1v) is 6.67. The van der Waals surface area contributed by atoms with Crippen molar-refractivity contribution in [3.8, 4) is 0 Å². The molecule has 2 heterocycles. The van der Waals surface area contributed by atoms with Gasteiger partial charge in [0.1, 0.15) is 18.5 Å². The standard InChI is InChI=1S/C15H16N2O3/c1-2-19-15(18)12-8-17-9-13(20-10-14(17)16-12)11-6-4-3-5-7-11/h3-8,13H,2,9-10H2,1H3. The average molecular weight is 272 g/mol. The van der Waals surface area contributed by atoms with E-state index >= 15 is 0 Å². The number of benzene rings is 1. The fourth-order valence-corrected chi connectivity index (χ4v) is 2.31. The van der Waals surface area contributed by atoms with Gasteiger partial charge in [-0.25, -0.2) is 9.78 Å². The molecule has 0 N–H and O–H groups in total. The molecule has 1 aliphatic heterocycles. The molecule has 104 valence electrons. The van der Waals surface area contributed by atoms with Crippen LogP contribution in [0.25, 0.3) is 0 Å². The van der Waals surface area contributed by atoms with E-state index in [2.05, 4.69) is 4.98 Å². The van der Waals surface area contributed by atoms with Crippen LogP contribution in [0, 0.1) is 0 Å². The van der Waals surface area contributed by atoms with E-state index in [-0.39, 0.29) is 12.1 Å². The predicted molar refractivity (Wildman–Crippen MR) is 72.2 cm³/mol. The lowest BCUT2D eigenvalue weighted by molar-refractivity contribution is 0.000485. The van der Waals surface area contributed by atoms with Gasteiger partial charge in [0.2, 0.25) is 0 Å². The number of hydrogen-bond acceptors (Lipinski definition) is 4. The summed E-state index contributed by atoms with van der Waals surface area (Å²) >= 11 is 0. The molecule has 3 rings (SSSR count). The molecule has 0 amide bonds. The zero-order valence-electron chi connectivity index (χ0n) is 11.3. The summed E-state index contributed by atoms with van der Waals surface area (Å²) in [6, 6.07) is 10.0. The maximum absolute atomic E-state index is 11.7. The highest BCUT2D eigenvalue weighted by Crippen LogP contribution is 2.26. The third-order valence-corrected chi connectivity index (χ3v) is 3.29. The molecule has 1 unspecified atom stereocenters. The molecule has 0 radical (unpaired) electrons. The van der Waals surface area contributed by atoms with Crippen molar-refractivity contribution in [1.29, 1.82) is 0 Å². The molecule has 0 saturated carbocycles. The third-order valence-electron chi connectivity index (χ3n) is 3.29. The topological polar surface area (TPSA) is 53.4 Å². The van der Waals surface area contributed by atoms with E-state index in [1.165, 1.54) is 0 Å². The summed E-state index contributed by atoms with van der Waals surface area (Å²) in [7, 11) is 0. The zero-order valence-corrected chi connectivity index (χ0v) is 11.3. The fraction of sp³-hybridized carbons (Fsp3) is 0.333. The van der Waals surface area contributed by atoms with Gasteiger partial charge >= 0.3 is 5.97 Å². The van der Waals surface area contributed by atoms with E-state index in [9.17, 15) is 4.79 Å². The lowest BCUT2D eigenvalue weighted by atomic mass is 10.1. The summed E-state index contributed by atoms with van der Waals surface area (Å²) in [5.74, 6) is 0.380. The molecule has 0 spiro atoms. The monoisotopic (exact) mass is 272 g/mol. The van der Waals surface area contributed by atoms with Crippen LogP contribution < -0.4 is 0 Å². The third kappa shape index (κ3) is 2.44. The minimum absolute atomic E-state index is 0.00653. The fourth-order valence-electron chi connectivity index (χ4n) is 2.31. The molecule has 5 nitrogen and oxygen atoms in total. The lowest BCUT2D eigenvalue weighted by Gasteiger charge is -2.24. The van der Waals surface area contributed by atoms with Crippen molar-refractivity contribution >= 4 is 5.97 Å². The van der Waals surface area contributed by atoms with E-state index in [0.29, 0.717) is 25.5 Å². The Kier molecular flexibility index (Phi) is 3.52. The molecule has 0 saturated heterocycles. The summed E-state index contributed by atoms with van der Waals surface area (Å²) in [4.78, 5) is 15.9. The highest BCUT2D eigenvalue weighted by Gasteiger charge is 2.24. The molecule has 5 heteroatoms. The first kappa shape index (κ1) is 12.9. The van der Waals surface area contributed by atoms with Crippen LogP contribution in [0.3, 0.4) is 0 Å². The van der Waals surface area contributed by atoms with Gasteiger partial charge in [0.05, 0.1) is 13.2 Å². The molecule has 1 aromatic carbocycles. The van der Waals surface area contributed by atoms with E-state index in [4.69, 9.17) is 9.47 Å². The number of nitrogens with zero attached hydrogens (tertiary/aromatic N) is 2. The van der Waals surface area contributed by atoms with E-state index in [1.807, 2.05) is 34.9 Å². The van der Waals surface area contributed by atoms with Gasteiger partial charge in [-0.1, -0.05) is 30.3 Å². The normalized spacial score (nSPS) is 17.6. The van der Waals surface area contributed by atoms with Gasteiger partial charge in [-0.15, -0.1) is 0 Å². The number of hydrogen-bond donors (Lipinski definition) is 0. The van der Waals surface area contributed by atoms with Crippen LogP contribution >= 0.6 is 0 Å². The lowest BCUT2D eigenvalue weighted by Crippen LogP contribution is -2.20. The van der Waals surface area contributed by atoms with Gasteiger partial charge in [0.25, 0.3) is 0 Å². The number of carbonyl (C=O) groups excluding carboxylic acids is 1. The first-order valence-electron chi connectivity index (χ1n) is 6.67. The van der Waals surface area contributed by atoms with Crippen molar-refractivity contribution < 1.29 is 14.3 Å². The molecule has 0 fully saturated rings. The molecule has 1 aliphatic rings. The molecule has 1 aromatic heterocycles. The number of carbonyl (C=O) groups is 1. The Morgan fingerprint density at radius 3 is 3.00 bits per heavy atom. The van der Waals surface area contributed by atoms with Gasteiger partial charge in [0.15, 0.2) is 5.69 Å². The van der Waals surface area contributed by atoms with Crippen molar-refractivity contribution in [3.05, 3.63) is 53.6 Å². The summed E-state index contributed by atoms with van der Waals surface area (Å²) in [6.45, 7) is 3.19. The van der Waals surface area contributed by atoms with Crippen molar-refractivity contribution in [1.82, 2.24) is 9.55 Å². The molecule has 0 bridgehead atoms. The minimum Gasteiger partial charge on any atom is -0.461 e. The van der Waals surface area contributed by atoms with Gasteiger partial charge in [0, 0.05) is 6.20 Å². The molecular weight excluding hydrogens is 256 g/mol.